The zero-order valence-electron chi connectivity index (χ0n) is 10.6. The predicted octanol–water partition coefficient (Wildman–Crippen LogP) is 2.58. The van der Waals surface area contributed by atoms with E-state index in [2.05, 4.69) is 9.97 Å². The highest BCUT2D eigenvalue weighted by atomic mass is 19.1. The van der Waals surface area contributed by atoms with Gasteiger partial charge in [-0.15, -0.1) is 0 Å². The van der Waals surface area contributed by atoms with Crippen LogP contribution in [0.3, 0.4) is 0 Å². The number of ether oxygens (including phenoxy) is 1. The third-order valence-electron chi connectivity index (χ3n) is 2.81. The molecule has 0 unspecified atom stereocenters. The van der Waals surface area contributed by atoms with E-state index in [0.29, 0.717) is 22.7 Å². The van der Waals surface area contributed by atoms with E-state index in [1.54, 1.807) is 12.1 Å². The first-order valence-corrected chi connectivity index (χ1v) is 5.95. The van der Waals surface area contributed by atoms with E-state index in [1.807, 2.05) is 0 Å². The van der Waals surface area contributed by atoms with E-state index in [-0.39, 0.29) is 11.8 Å². The number of hydrogen-bond donors (Lipinski definition) is 2. The molecule has 0 saturated heterocycles. The fourth-order valence-corrected chi connectivity index (χ4v) is 1.85. The van der Waals surface area contributed by atoms with Crippen molar-refractivity contribution >= 4 is 16.6 Å². The fraction of sp³-hybridized carbons (Fsp3) is 0. The highest BCUT2D eigenvalue weighted by molar-refractivity contribution is 5.81. The van der Waals surface area contributed by atoms with Gasteiger partial charge in [-0.2, -0.15) is 4.98 Å². The van der Waals surface area contributed by atoms with E-state index in [4.69, 9.17) is 10.5 Å². The lowest BCUT2D eigenvalue weighted by Gasteiger charge is -2.06. The zero-order valence-corrected chi connectivity index (χ0v) is 10.6. The Balaban J connectivity index is 2.05. The van der Waals surface area contributed by atoms with E-state index in [9.17, 15) is 13.6 Å². The largest absolute Gasteiger partial charge is 0.422 e. The molecule has 0 spiro atoms. The molecule has 0 aliphatic carbocycles. The number of nitrogens with zero attached hydrogens (tertiary/aromatic N) is 1. The molecule has 21 heavy (non-hydrogen) atoms. The topological polar surface area (TPSA) is 81.0 Å². The highest BCUT2D eigenvalue weighted by Gasteiger charge is 2.10. The minimum Gasteiger partial charge on any atom is -0.422 e. The monoisotopic (exact) mass is 289 g/mol. The Labute approximate surface area is 117 Å². The van der Waals surface area contributed by atoms with Crippen LogP contribution >= 0.6 is 0 Å². The Bertz CT molecular complexity index is 893. The van der Waals surface area contributed by atoms with Gasteiger partial charge in [0.15, 0.2) is 11.6 Å². The molecule has 5 nitrogen and oxygen atoms in total. The van der Waals surface area contributed by atoms with Gasteiger partial charge in [0.1, 0.15) is 5.82 Å². The zero-order chi connectivity index (χ0) is 15.0. The van der Waals surface area contributed by atoms with Gasteiger partial charge in [0, 0.05) is 11.8 Å². The van der Waals surface area contributed by atoms with Crippen LogP contribution in [0.2, 0.25) is 0 Å². The first kappa shape index (κ1) is 13.0. The first-order valence-electron chi connectivity index (χ1n) is 5.95. The smallest absolute Gasteiger partial charge is 0.302 e. The van der Waals surface area contributed by atoms with Crippen molar-refractivity contribution in [3.8, 4) is 11.8 Å². The van der Waals surface area contributed by atoms with Gasteiger partial charge in [0.2, 0.25) is 0 Å². The number of nitrogens with one attached hydrogen (secondary N) is 1. The van der Waals surface area contributed by atoms with Crippen molar-refractivity contribution in [2.75, 3.05) is 5.73 Å². The number of hydrogen-bond acceptors (Lipinski definition) is 4. The molecule has 0 aliphatic rings. The molecule has 1 heterocycles. The molecule has 106 valence electrons. The van der Waals surface area contributed by atoms with Crippen molar-refractivity contribution in [2.24, 2.45) is 0 Å². The molecule has 0 aliphatic heterocycles. The summed E-state index contributed by atoms with van der Waals surface area (Å²) in [5, 5.41) is 0.293. The van der Waals surface area contributed by atoms with Crippen LogP contribution in [-0.2, 0) is 0 Å². The number of benzene rings is 2. The Morgan fingerprint density at radius 1 is 1.14 bits per heavy atom. The molecule has 1 aromatic heterocycles. The second-order valence-electron chi connectivity index (χ2n) is 4.32. The van der Waals surface area contributed by atoms with Gasteiger partial charge in [-0.05, 0) is 30.3 Å². The number of halogens is 2. The van der Waals surface area contributed by atoms with Crippen LogP contribution < -0.4 is 16.0 Å². The number of aromatic amines is 1. The van der Waals surface area contributed by atoms with Gasteiger partial charge in [-0.3, -0.25) is 9.78 Å². The van der Waals surface area contributed by atoms with Crippen molar-refractivity contribution in [1.82, 2.24) is 9.97 Å². The molecule has 0 fully saturated rings. The van der Waals surface area contributed by atoms with Gasteiger partial charge in [-0.1, -0.05) is 0 Å². The Morgan fingerprint density at radius 2 is 1.95 bits per heavy atom. The molecule has 2 aromatic carbocycles. The SMILES string of the molecule is Nc1ccc2nc(Oc3ccc(F)cc3F)[nH]c(=O)c2c1. The number of nitrogens with two attached hydrogens (primary N) is 1. The minimum atomic E-state index is -0.893. The Kier molecular flexibility index (Phi) is 3.02. The molecule has 0 bridgehead atoms. The molecule has 0 saturated carbocycles. The van der Waals surface area contributed by atoms with E-state index in [0.717, 1.165) is 12.1 Å². The van der Waals surface area contributed by atoms with Crippen LogP contribution in [-0.4, -0.2) is 9.97 Å². The molecule has 3 rings (SSSR count). The lowest BCUT2D eigenvalue weighted by atomic mass is 10.2. The summed E-state index contributed by atoms with van der Waals surface area (Å²) in [7, 11) is 0. The van der Waals surface area contributed by atoms with Crippen molar-refractivity contribution in [3.05, 3.63) is 58.4 Å². The van der Waals surface area contributed by atoms with Crippen LogP contribution in [0.5, 0.6) is 11.8 Å². The van der Waals surface area contributed by atoms with Crippen molar-refractivity contribution < 1.29 is 13.5 Å². The average Bonchev–Trinajstić information content (AvgIpc) is 2.43. The lowest BCUT2D eigenvalue weighted by molar-refractivity contribution is 0.408. The molecule has 3 aromatic rings. The third-order valence-corrected chi connectivity index (χ3v) is 2.81. The predicted molar refractivity (Wildman–Crippen MR) is 73.2 cm³/mol. The number of fused-ring (bicyclic) bond motifs is 1. The van der Waals surface area contributed by atoms with Crippen LogP contribution in [0.25, 0.3) is 10.9 Å². The summed E-state index contributed by atoms with van der Waals surface area (Å²) >= 11 is 0. The van der Waals surface area contributed by atoms with Gasteiger partial charge in [-0.25, -0.2) is 8.78 Å². The van der Waals surface area contributed by atoms with Crippen LogP contribution in [0.4, 0.5) is 14.5 Å². The fourth-order valence-electron chi connectivity index (χ4n) is 1.85. The van der Waals surface area contributed by atoms with Crippen LogP contribution in [0.1, 0.15) is 0 Å². The molecular formula is C14H9F2N3O2. The van der Waals surface area contributed by atoms with Gasteiger partial charge < -0.3 is 10.5 Å². The summed E-state index contributed by atoms with van der Waals surface area (Å²) in [5.41, 5.74) is 5.90. The quantitative estimate of drug-likeness (QED) is 0.710. The maximum absolute atomic E-state index is 13.5. The molecule has 0 atom stereocenters. The molecule has 0 amide bonds. The van der Waals surface area contributed by atoms with E-state index in [1.165, 1.54) is 6.07 Å². The maximum atomic E-state index is 13.5. The number of rotatable bonds is 2. The molecule has 7 heteroatoms. The van der Waals surface area contributed by atoms with Gasteiger partial charge >= 0.3 is 6.01 Å². The van der Waals surface area contributed by atoms with Crippen molar-refractivity contribution in [2.45, 2.75) is 0 Å². The van der Waals surface area contributed by atoms with Crippen LogP contribution in [0.15, 0.2) is 41.2 Å². The third kappa shape index (κ3) is 2.53. The van der Waals surface area contributed by atoms with Crippen molar-refractivity contribution in [1.29, 1.82) is 0 Å². The number of H-pyrrole nitrogens is 1. The standard InChI is InChI=1S/C14H9F2N3O2/c15-7-1-4-12(10(16)5-7)21-14-18-11-3-2-8(17)6-9(11)13(20)19-14/h1-6H,17H2,(H,18,19,20). The van der Waals surface area contributed by atoms with E-state index >= 15 is 0 Å². The first-order chi connectivity index (χ1) is 10.0. The normalized spacial score (nSPS) is 10.8. The second kappa shape index (κ2) is 4.86. The Morgan fingerprint density at radius 3 is 2.71 bits per heavy atom. The molecule has 0 radical (unpaired) electrons. The summed E-state index contributed by atoms with van der Waals surface area (Å²) < 4.78 is 31.5. The minimum absolute atomic E-state index is 0.192. The Hall–Kier alpha value is -2.96. The van der Waals surface area contributed by atoms with Gasteiger partial charge in [0.25, 0.3) is 5.56 Å². The van der Waals surface area contributed by atoms with Gasteiger partial charge in [0.05, 0.1) is 10.9 Å². The number of nitrogen functional groups attached to an aromatic ring is 1. The lowest BCUT2D eigenvalue weighted by Crippen LogP contribution is -2.10. The molecule has 3 N–H and O–H groups in total. The maximum Gasteiger partial charge on any atom is 0.302 e. The average molecular weight is 289 g/mol. The number of aromatic nitrogens is 2. The number of anilines is 1. The van der Waals surface area contributed by atoms with Crippen LogP contribution in [0, 0.1) is 11.6 Å². The summed E-state index contributed by atoms with van der Waals surface area (Å²) in [4.78, 5) is 18.3. The summed E-state index contributed by atoms with van der Waals surface area (Å²) in [6.45, 7) is 0. The second-order valence-corrected chi connectivity index (χ2v) is 4.32. The summed E-state index contributed by atoms with van der Waals surface area (Å²) in [5.74, 6) is -1.86. The molecular weight excluding hydrogens is 280 g/mol. The summed E-state index contributed by atoms with van der Waals surface area (Å²) in [6.07, 6.45) is 0. The summed E-state index contributed by atoms with van der Waals surface area (Å²) in [6, 6.07) is 7.24. The van der Waals surface area contributed by atoms with E-state index < -0.39 is 17.2 Å². The van der Waals surface area contributed by atoms with Crippen molar-refractivity contribution in [3.63, 3.8) is 0 Å². The highest BCUT2D eigenvalue weighted by Crippen LogP contribution is 2.23.